The maximum absolute atomic E-state index is 13.0. The van der Waals surface area contributed by atoms with Gasteiger partial charge >= 0.3 is 7.60 Å². The Morgan fingerprint density at radius 1 is 0.786 bits per heavy atom. The van der Waals surface area contributed by atoms with Crippen LogP contribution in [0.4, 0.5) is 0 Å². The smallest absolute Gasteiger partial charge is 0.324 e. The Kier molecular flexibility index (Phi) is 4.86. The van der Waals surface area contributed by atoms with E-state index in [0.29, 0.717) is 10.9 Å². The molecule has 1 atom stereocenters. The van der Waals surface area contributed by atoms with Gasteiger partial charge in [-0.05, 0) is 32.7 Å². The van der Waals surface area contributed by atoms with Crippen LogP contribution in [0, 0.1) is 0 Å². The van der Waals surface area contributed by atoms with Crippen LogP contribution in [0.25, 0.3) is 21.5 Å². The van der Waals surface area contributed by atoms with E-state index >= 15 is 0 Å². The van der Waals surface area contributed by atoms with Crippen LogP contribution in [0.1, 0.15) is 16.8 Å². The van der Waals surface area contributed by atoms with E-state index in [-0.39, 0.29) is 6.42 Å². The van der Waals surface area contributed by atoms with Crippen molar-refractivity contribution in [1.82, 2.24) is 0 Å². The summed E-state index contributed by atoms with van der Waals surface area (Å²) in [6, 6.07) is 26.0. The molecule has 140 valence electrons. The lowest BCUT2D eigenvalue weighted by Crippen LogP contribution is -2.16. The molecule has 28 heavy (non-hydrogen) atoms. The zero-order valence-electron chi connectivity index (χ0n) is 15.0. The van der Waals surface area contributed by atoms with E-state index in [0.717, 1.165) is 21.7 Å². The van der Waals surface area contributed by atoms with Gasteiger partial charge in [0.15, 0.2) is 5.78 Å². The van der Waals surface area contributed by atoms with E-state index in [2.05, 4.69) is 0 Å². The fourth-order valence-corrected chi connectivity index (χ4v) is 4.73. The predicted molar refractivity (Wildman–Crippen MR) is 111 cm³/mol. The summed E-state index contributed by atoms with van der Waals surface area (Å²) in [5.41, 5.74) is -0.371. The van der Waals surface area contributed by atoms with Crippen molar-refractivity contribution >= 4 is 34.9 Å². The summed E-state index contributed by atoms with van der Waals surface area (Å²) in [5.74, 6) is -0.486. The molecule has 0 fully saturated rings. The Bertz CT molecular complexity index is 1220. The van der Waals surface area contributed by atoms with Gasteiger partial charge in [-0.15, -0.1) is 0 Å². The van der Waals surface area contributed by atoms with E-state index in [1.54, 1.807) is 24.3 Å². The van der Waals surface area contributed by atoms with Crippen LogP contribution >= 0.6 is 7.60 Å². The van der Waals surface area contributed by atoms with Crippen molar-refractivity contribution in [3.8, 4) is 0 Å². The number of carbonyl (C=O) groups excluding carboxylic acids is 1. The van der Waals surface area contributed by atoms with Crippen molar-refractivity contribution in [2.24, 2.45) is 0 Å². The van der Waals surface area contributed by atoms with Gasteiger partial charge < -0.3 is 9.79 Å². The Hall–Kier alpha value is -2.78. The molecule has 1 unspecified atom stereocenters. The summed E-state index contributed by atoms with van der Waals surface area (Å²) in [6.45, 7) is 0. The molecule has 0 saturated carbocycles. The van der Waals surface area contributed by atoms with Crippen molar-refractivity contribution in [3.63, 3.8) is 0 Å². The van der Waals surface area contributed by atoms with Gasteiger partial charge in [0, 0.05) is 6.42 Å². The summed E-state index contributed by atoms with van der Waals surface area (Å²) in [5, 5.41) is 3.58. The molecule has 4 aromatic carbocycles. The normalized spacial score (nSPS) is 12.9. The van der Waals surface area contributed by atoms with Crippen molar-refractivity contribution in [3.05, 3.63) is 96.1 Å². The van der Waals surface area contributed by atoms with Crippen LogP contribution in [0.3, 0.4) is 0 Å². The Morgan fingerprint density at radius 3 is 2.18 bits per heavy atom. The third kappa shape index (κ3) is 3.63. The highest BCUT2D eigenvalue weighted by Crippen LogP contribution is 2.54. The molecule has 0 radical (unpaired) electrons. The lowest BCUT2D eigenvalue weighted by molar-refractivity contribution is -0.118. The molecule has 0 aliphatic carbocycles. The number of benzene rings is 4. The molecule has 0 aliphatic rings. The molecule has 0 amide bonds. The van der Waals surface area contributed by atoms with Crippen molar-refractivity contribution in [2.45, 2.75) is 12.1 Å². The van der Waals surface area contributed by atoms with Crippen LogP contribution in [0.2, 0.25) is 0 Å². The minimum Gasteiger partial charge on any atom is -0.324 e. The van der Waals surface area contributed by atoms with Gasteiger partial charge in [-0.1, -0.05) is 84.9 Å². The second-order valence-corrected chi connectivity index (χ2v) is 8.58. The quantitative estimate of drug-likeness (QED) is 0.469. The second kappa shape index (κ2) is 7.33. The number of rotatable bonds is 5. The van der Waals surface area contributed by atoms with Gasteiger partial charge in [-0.2, -0.15) is 0 Å². The van der Waals surface area contributed by atoms with Crippen LogP contribution in [0.5, 0.6) is 0 Å². The van der Waals surface area contributed by atoms with Gasteiger partial charge in [-0.3, -0.25) is 9.36 Å². The number of hydrogen-bond donors (Lipinski definition) is 2. The molecule has 4 rings (SSSR count). The highest BCUT2D eigenvalue weighted by atomic mass is 31.2. The molecule has 0 bridgehead atoms. The van der Waals surface area contributed by atoms with Gasteiger partial charge in [0.1, 0.15) is 5.66 Å². The molecule has 0 aliphatic heterocycles. The molecule has 0 spiro atoms. The molecule has 4 nitrogen and oxygen atoms in total. The molecule has 2 N–H and O–H groups in total. The number of carbonyl (C=O) groups is 1. The Balaban J connectivity index is 1.75. The standard InChI is InChI=1S/C23H19O4P/c24-22(15-16-12-13-17-6-1-2-8-19(17)14-16)23(28(25,26)27)21-11-5-9-18-7-3-4-10-20(18)21/h1-14,23H,15H2,(H2,25,26,27). The first-order valence-corrected chi connectivity index (χ1v) is 10.6. The van der Waals surface area contributed by atoms with Gasteiger partial charge in [0.2, 0.25) is 0 Å². The van der Waals surface area contributed by atoms with Crippen LogP contribution in [0.15, 0.2) is 84.9 Å². The molecule has 0 heterocycles. The highest BCUT2D eigenvalue weighted by Gasteiger charge is 2.37. The van der Waals surface area contributed by atoms with E-state index in [4.69, 9.17) is 0 Å². The van der Waals surface area contributed by atoms with Gasteiger partial charge in [-0.25, -0.2) is 0 Å². The number of ketones is 1. The largest absolute Gasteiger partial charge is 0.340 e. The SMILES string of the molecule is O=C(Cc1ccc2ccccc2c1)C(c1cccc2ccccc12)P(=O)(O)O. The minimum absolute atomic E-state index is 0.0379. The van der Waals surface area contributed by atoms with E-state index < -0.39 is 19.0 Å². The third-order valence-electron chi connectivity index (χ3n) is 4.95. The predicted octanol–water partition coefficient (Wildman–Crippen LogP) is 5.02. The monoisotopic (exact) mass is 390 g/mol. The van der Waals surface area contributed by atoms with Crippen LogP contribution in [-0.4, -0.2) is 15.6 Å². The summed E-state index contributed by atoms with van der Waals surface area (Å²) in [7, 11) is -4.69. The Labute approximate surface area is 162 Å². The van der Waals surface area contributed by atoms with Crippen molar-refractivity contribution in [1.29, 1.82) is 0 Å². The zero-order chi connectivity index (χ0) is 19.7. The average molecular weight is 390 g/mol. The van der Waals surface area contributed by atoms with E-state index in [1.165, 1.54) is 0 Å². The summed E-state index contributed by atoms with van der Waals surface area (Å²) >= 11 is 0. The second-order valence-electron chi connectivity index (χ2n) is 6.88. The van der Waals surface area contributed by atoms with Crippen molar-refractivity contribution < 1.29 is 19.1 Å². The van der Waals surface area contributed by atoms with Gasteiger partial charge in [0.05, 0.1) is 0 Å². The summed E-state index contributed by atoms with van der Waals surface area (Å²) in [4.78, 5) is 33.0. The Morgan fingerprint density at radius 2 is 1.43 bits per heavy atom. The average Bonchev–Trinajstić information content (AvgIpc) is 2.67. The topological polar surface area (TPSA) is 74.6 Å². The number of fused-ring (bicyclic) bond motifs is 2. The zero-order valence-corrected chi connectivity index (χ0v) is 15.9. The fourth-order valence-electron chi connectivity index (χ4n) is 3.68. The van der Waals surface area contributed by atoms with Crippen LogP contribution in [-0.2, 0) is 15.8 Å². The number of hydrogen-bond acceptors (Lipinski definition) is 2. The molecule has 0 saturated heterocycles. The first-order valence-electron chi connectivity index (χ1n) is 8.97. The van der Waals surface area contributed by atoms with Crippen molar-refractivity contribution in [2.75, 3.05) is 0 Å². The third-order valence-corrected chi connectivity index (χ3v) is 6.19. The first-order chi connectivity index (χ1) is 13.4. The summed E-state index contributed by atoms with van der Waals surface area (Å²) < 4.78 is 12.3. The maximum Gasteiger partial charge on any atom is 0.340 e. The first kappa shape index (κ1) is 18.6. The molecule has 4 aromatic rings. The van der Waals surface area contributed by atoms with E-state index in [9.17, 15) is 19.1 Å². The fraction of sp³-hybridized carbons (Fsp3) is 0.0870. The lowest BCUT2D eigenvalue weighted by Gasteiger charge is -2.20. The molecule has 5 heteroatoms. The minimum atomic E-state index is -4.69. The molecule has 0 aromatic heterocycles. The maximum atomic E-state index is 13.0. The van der Waals surface area contributed by atoms with Crippen LogP contribution < -0.4 is 0 Å². The van der Waals surface area contributed by atoms with E-state index in [1.807, 2.05) is 60.7 Å². The molecular weight excluding hydrogens is 371 g/mol. The van der Waals surface area contributed by atoms with Gasteiger partial charge in [0.25, 0.3) is 0 Å². The summed E-state index contributed by atoms with van der Waals surface area (Å²) in [6.07, 6.45) is -0.0379. The molecular formula is C23H19O4P. The highest BCUT2D eigenvalue weighted by molar-refractivity contribution is 7.53. The number of Topliss-reactive ketones (excluding diaryl/α,β-unsaturated/α-hetero) is 1. The lowest BCUT2D eigenvalue weighted by atomic mass is 9.96.